The first-order valence-corrected chi connectivity index (χ1v) is 8.75. The minimum atomic E-state index is -0.879. The van der Waals surface area contributed by atoms with Gasteiger partial charge >= 0.3 is 5.97 Å². The first-order chi connectivity index (χ1) is 11.1. The highest BCUT2D eigenvalue weighted by molar-refractivity contribution is 6.00. The van der Waals surface area contributed by atoms with Gasteiger partial charge in [0, 0.05) is 12.0 Å². The predicted molar refractivity (Wildman–Crippen MR) is 91.6 cm³/mol. The molecule has 1 fully saturated rings. The Morgan fingerprint density at radius 3 is 2.50 bits per heavy atom. The number of hydrogen-bond donors (Lipinski definition) is 2. The molecule has 24 heavy (non-hydrogen) atoms. The second-order valence-corrected chi connectivity index (χ2v) is 8.28. The molecule has 130 valence electrons. The molecule has 0 bridgehead atoms. The van der Waals surface area contributed by atoms with Crippen LogP contribution in [0.4, 0.5) is 0 Å². The average Bonchev–Trinajstić information content (AvgIpc) is 2.49. The third kappa shape index (κ3) is 2.19. The topological polar surface area (TPSA) is 74.6 Å². The summed E-state index contributed by atoms with van der Waals surface area (Å²) in [5.74, 6) is -0.759. The maximum atomic E-state index is 12.7. The second-order valence-electron chi connectivity index (χ2n) is 8.28. The summed E-state index contributed by atoms with van der Waals surface area (Å²) in [6.45, 7) is 7.91. The molecule has 3 atom stereocenters. The molecule has 2 aliphatic carbocycles. The van der Waals surface area contributed by atoms with Gasteiger partial charge in [0.25, 0.3) is 0 Å². The van der Waals surface area contributed by atoms with Crippen molar-refractivity contribution in [2.24, 2.45) is 11.3 Å². The zero-order valence-corrected chi connectivity index (χ0v) is 14.8. The zero-order valence-electron chi connectivity index (χ0n) is 14.8. The van der Waals surface area contributed by atoms with E-state index in [1.54, 1.807) is 13.0 Å². The number of phenols is 1. The van der Waals surface area contributed by atoms with Gasteiger partial charge in [-0.2, -0.15) is 0 Å². The highest BCUT2D eigenvalue weighted by Gasteiger charge is 2.57. The monoisotopic (exact) mass is 330 g/mol. The van der Waals surface area contributed by atoms with Crippen LogP contribution in [-0.2, 0) is 10.2 Å². The van der Waals surface area contributed by atoms with Gasteiger partial charge in [-0.15, -0.1) is 0 Å². The lowest BCUT2D eigenvalue weighted by atomic mass is 9.49. The molecule has 0 spiro atoms. The van der Waals surface area contributed by atoms with E-state index in [-0.39, 0.29) is 35.2 Å². The number of phenolic OH excluding ortho intramolecular Hbond substituents is 1. The van der Waals surface area contributed by atoms with Gasteiger partial charge in [-0.1, -0.05) is 33.3 Å². The van der Waals surface area contributed by atoms with Crippen LogP contribution in [0, 0.1) is 11.3 Å². The van der Waals surface area contributed by atoms with Crippen LogP contribution in [0.25, 0.3) is 0 Å². The molecule has 0 radical (unpaired) electrons. The Labute approximate surface area is 142 Å². The van der Waals surface area contributed by atoms with Gasteiger partial charge in [0.2, 0.25) is 0 Å². The van der Waals surface area contributed by atoms with E-state index < -0.39 is 11.4 Å². The number of carbonyl (C=O) groups is 2. The fourth-order valence-electron chi connectivity index (χ4n) is 4.97. The Balaban J connectivity index is 2.23. The van der Waals surface area contributed by atoms with Crippen molar-refractivity contribution in [3.8, 4) is 5.75 Å². The molecule has 0 saturated heterocycles. The summed E-state index contributed by atoms with van der Waals surface area (Å²) in [4.78, 5) is 24.7. The van der Waals surface area contributed by atoms with E-state index in [9.17, 15) is 19.8 Å². The van der Waals surface area contributed by atoms with Crippen molar-refractivity contribution >= 4 is 11.8 Å². The van der Waals surface area contributed by atoms with Crippen LogP contribution < -0.4 is 0 Å². The molecule has 1 aromatic carbocycles. The van der Waals surface area contributed by atoms with Crippen molar-refractivity contribution in [3.05, 3.63) is 28.8 Å². The first-order valence-electron chi connectivity index (χ1n) is 8.75. The molecule has 0 aliphatic heterocycles. The van der Waals surface area contributed by atoms with Crippen molar-refractivity contribution in [3.63, 3.8) is 0 Å². The summed E-state index contributed by atoms with van der Waals surface area (Å²) in [6.07, 6.45) is 2.57. The van der Waals surface area contributed by atoms with Gasteiger partial charge in [-0.25, -0.2) is 0 Å². The molecular weight excluding hydrogens is 304 g/mol. The summed E-state index contributed by atoms with van der Waals surface area (Å²) in [5.41, 5.74) is 1.11. The fraction of sp³-hybridized carbons (Fsp3) is 0.600. The molecule has 0 heterocycles. The molecule has 3 rings (SSSR count). The summed E-state index contributed by atoms with van der Waals surface area (Å²) in [6, 6.07) is 3.55. The molecule has 1 aromatic rings. The summed E-state index contributed by atoms with van der Waals surface area (Å²) in [7, 11) is 0. The number of hydrogen-bond acceptors (Lipinski definition) is 3. The van der Waals surface area contributed by atoms with Crippen molar-refractivity contribution < 1.29 is 19.8 Å². The molecule has 0 amide bonds. The van der Waals surface area contributed by atoms with Crippen molar-refractivity contribution in [2.75, 3.05) is 0 Å². The maximum Gasteiger partial charge on any atom is 0.309 e. The average molecular weight is 330 g/mol. The van der Waals surface area contributed by atoms with E-state index in [0.717, 1.165) is 24.0 Å². The first kappa shape index (κ1) is 17.0. The van der Waals surface area contributed by atoms with Gasteiger partial charge in [0.1, 0.15) is 5.75 Å². The van der Waals surface area contributed by atoms with Gasteiger partial charge in [0.15, 0.2) is 5.78 Å². The Morgan fingerprint density at radius 1 is 1.25 bits per heavy atom. The van der Waals surface area contributed by atoms with E-state index >= 15 is 0 Å². The Bertz CT molecular complexity index is 721. The normalized spacial score (nSPS) is 32.4. The number of rotatable bonds is 2. The lowest BCUT2D eigenvalue weighted by Crippen LogP contribution is -2.53. The number of Topliss-reactive ketones (excluding diaryl/α,β-unsaturated/α-hetero) is 1. The van der Waals surface area contributed by atoms with E-state index in [1.165, 1.54) is 0 Å². The highest BCUT2D eigenvalue weighted by atomic mass is 16.4. The van der Waals surface area contributed by atoms with E-state index in [2.05, 4.69) is 6.92 Å². The Morgan fingerprint density at radius 2 is 1.92 bits per heavy atom. The zero-order chi connectivity index (χ0) is 17.9. The molecule has 2 aliphatic rings. The number of carbonyl (C=O) groups excluding carboxylic acids is 1. The van der Waals surface area contributed by atoms with Crippen LogP contribution in [0.15, 0.2) is 12.1 Å². The minimum absolute atomic E-state index is 0.0487. The van der Waals surface area contributed by atoms with Crippen LogP contribution in [0.1, 0.15) is 80.8 Å². The van der Waals surface area contributed by atoms with Crippen LogP contribution in [-0.4, -0.2) is 22.0 Å². The second kappa shape index (κ2) is 5.33. The van der Waals surface area contributed by atoms with E-state index in [0.29, 0.717) is 12.0 Å². The van der Waals surface area contributed by atoms with Crippen LogP contribution >= 0.6 is 0 Å². The SMILES string of the molecule is CC(C)c1cc2c(cc1O)C(=O)CC1C(C)(C(=O)O)CCCC21C. The molecule has 4 nitrogen and oxygen atoms in total. The van der Waals surface area contributed by atoms with Crippen LogP contribution in [0.2, 0.25) is 0 Å². The Hall–Kier alpha value is -1.84. The summed E-state index contributed by atoms with van der Waals surface area (Å²) >= 11 is 0. The molecule has 3 unspecified atom stereocenters. The smallest absolute Gasteiger partial charge is 0.309 e. The Kier molecular flexibility index (Phi) is 3.78. The third-order valence-corrected chi connectivity index (χ3v) is 6.51. The van der Waals surface area contributed by atoms with Crippen LogP contribution in [0.5, 0.6) is 5.75 Å². The quantitative estimate of drug-likeness (QED) is 0.850. The lowest BCUT2D eigenvalue weighted by molar-refractivity contribution is -0.156. The molecule has 1 saturated carbocycles. The molecule has 2 N–H and O–H groups in total. The van der Waals surface area contributed by atoms with Gasteiger partial charge in [-0.3, -0.25) is 9.59 Å². The van der Waals surface area contributed by atoms with Gasteiger partial charge in [0.05, 0.1) is 5.41 Å². The maximum absolute atomic E-state index is 12.7. The van der Waals surface area contributed by atoms with E-state index in [4.69, 9.17) is 0 Å². The standard InChI is InChI=1S/C20H26O4/c1-11(2)12-8-14-13(9-15(12)21)16(22)10-17-19(14,3)6-5-7-20(17,4)18(23)24/h8-9,11,17,21H,5-7,10H2,1-4H3,(H,23,24). The summed E-state index contributed by atoms with van der Waals surface area (Å²) in [5, 5.41) is 20.1. The molecular formula is C20H26O4. The largest absolute Gasteiger partial charge is 0.508 e. The summed E-state index contributed by atoms with van der Waals surface area (Å²) < 4.78 is 0. The fourth-order valence-corrected chi connectivity index (χ4v) is 4.97. The number of ketones is 1. The number of carboxylic acid groups (broad SMARTS) is 1. The van der Waals surface area contributed by atoms with Gasteiger partial charge in [-0.05, 0) is 54.2 Å². The van der Waals surface area contributed by atoms with E-state index in [1.807, 2.05) is 19.9 Å². The third-order valence-electron chi connectivity index (χ3n) is 6.51. The number of fused-ring (bicyclic) bond motifs is 3. The predicted octanol–water partition coefficient (Wildman–Crippen LogP) is 4.25. The number of aromatic hydroxyl groups is 1. The number of carboxylic acids is 1. The van der Waals surface area contributed by atoms with Crippen LogP contribution in [0.3, 0.4) is 0 Å². The molecule has 4 heteroatoms. The van der Waals surface area contributed by atoms with Gasteiger partial charge < -0.3 is 10.2 Å². The number of aliphatic carboxylic acids is 1. The lowest BCUT2D eigenvalue weighted by Gasteiger charge is -2.53. The number of benzene rings is 1. The van der Waals surface area contributed by atoms with Crippen molar-refractivity contribution in [1.29, 1.82) is 0 Å². The molecule has 0 aromatic heterocycles. The minimum Gasteiger partial charge on any atom is -0.508 e. The van der Waals surface area contributed by atoms with Crippen molar-refractivity contribution in [1.82, 2.24) is 0 Å². The van der Waals surface area contributed by atoms with Crippen molar-refractivity contribution in [2.45, 2.75) is 64.7 Å². The highest BCUT2D eigenvalue weighted by Crippen LogP contribution is 2.58.